The second-order valence-corrected chi connectivity index (χ2v) is 4.27. The number of para-hydroxylation sites is 2. The zero-order chi connectivity index (χ0) is 12.9. The van der Waals surface area contributed by atoms with E-state index in [9.17, 15) is 9.59 Å². The van der Waals surface area contributed by atoms with E-state index >= 15 is 0 Å². The van der Waals surface area contributed by atoms with Gasteiger partial charge in [-0.2, -0.15) is 0 Å². The van der Waals surface area contributed by atoms with Crippen LogP contribution in [0.4, 0.5) is 5.95 Å². The lowest BCUT2D eigenvalue weighted by Gasteiger charge is -2.10. The van der Waals surface area contributed by atoms with Crippen molar-refractivity contribution < 1.29 is 9.59 Å². The summed E-state index contributed by atoms with van der Waals surface area (Å²) in [5.74, 6) is -0.337. The Labute approximate surface area is 103 Å². The summed E-state index contributed by atoms with van der Waals surface area (Å²) in [4.78, 5) is 32.3. The molecule has 0 aliphatic carbocycles. The number of nitrogens with zero attached hydrogens (tertiary/aromatic N) is 2. The standard InChI is InChI=1S/C13H11N3O2/c1-7-8(2)12(18)16(11(7)17)13-14-9-5-3-4-6-10(9)15-13/h3-6H,1-2H3,(H,14,15). The second-order valence-electron chi connectivity index (χ2n) is 4.27. The number of H-pyrrole nitrogens is 1. The number of hydrogen-bond acceptors (Lipinski definition) is 3. The highest BCUT2D eigenvalue weighted by atomic mass is 16.2. The van der Waals surface area contributed by atoms with Crippen molar-refractivity contribution in [1.82, 2.24) is 9.97 Å². The molecule has 1 aliphatic rings. The van der Waals surface area contributed by atoms with Gasteiger partial charge >= 0.3 is 0 Å². The van der Waals surface area contributed by atoms with Gasteiger partial charge in [0.15, 0.2) is 0 Å². The molecule has 1 aromatic carbocycles. The first-order valence-electron chi connectivity index (χ1n) is 5.60. The van der Waals surface area contributed by atoms with Crippen LogP contribution in [0.5, 0.6) is 0 Å². The molecule has 1 N–H and O–H groups in total. The number of fused-ring (bicyclic) bond motifs is 1. The molecule has 90 valence electrons. The molecule has 2 amide bonds. The van der Waals surface area contributed by atoms with E-state index in [2.05, 4.69) is 9.97 Å². The van der Waals surface area contributed by atoms with Crippen LogP contribution >= 0.6 is 0 Å². The molecule has 0 saturated heterocycles. The van der Waals surface area contributed by atoms with E-state index in [1.165, 1.54) is 0 Å². The van der Waals surface area contributed by atoms with E-state index in [0.29, 0.717) is 11.1 Å². The molecule has 0 fully saturated rings. The molecule has 3 rings (SSSR count). The number of carbonyl (C=O) groups excluding carboxylic acids is 2. The van der Waals surface area contributed by atoms with Crippen molar-refractivity contribution in [3.8, 4) is 0 Å². The first-order chi connectivity index (χ1) is 8.59. The van der Waals surface area contributed by atoms with Crippen LogP contribution in [0.1, 0.15) is 13.8 Å². The van der Waals surface area contributed by atoms with Crippen LogP contribution in [0, 0.1) is 0 Å². The molecule has 0 atom stereocenters. The summed E-state index contributed by atoms with van der Waals surface area (Å²) in [5, 5.41) is 0. The van der Waals surface area contributed by atoms with Gasteiger partial charge in [0.25, 0.3) is 11.8 Å². The number of nitrogens with one attached hydrogen (secondary N) is 1. The van der Waals surface area contributed by atoms with Crippen LogP contribution in [0.2, 0.25) is 0 Å². The van der Waals surface area contributed by atoms with Gasteiger partial charge in [0, 0.05) is 11.1 Å². The van der Waals surface area contributed by atoms with E-state index in [-0.39, 0.29) is 17.8 Å². The second kappa shape index (κ2) is 3.53. The fourth-order valence-corrected chi connectivity index (χ4v) is 1.99. The molecular weight excluding hydrogens is 230 g/mol. The van der Waals surface area contributed by atoms with E-state index in [1.54, 1.807) is 13.8 Å². The SMILES string of the molecule is CC1=C(C)C(=O)N(c2nc3ccccc3[nH]2)C1=O. The van der Waals surface area contributed by atoms with Crippen molar-refractivity contribution in [2.24, 2.45) is 0 Å². The third-order valence-corrected chi connectivity index (χ3v) is 3.20. The molecule has 2 heterocycles. The molecule has 0 unspecified atom stereocenters. The van der Waals surface area contributed by atoms with Crippen LogP contribution in [-0.4, -0.2) is 21.8 Å². The van der Waals surface area contributed by atoms with Crippen LogP contribution in [0.3, 0.4) is 0 Å². The maximum absolute atomic E-state index is 12.0. The predicted molar refractivity (Wildman–Crippen MR) is 67.0 cm³/mol. The van der Waals surface area contributed by atoms with Crippen molar-refractivity contribution in [1.29, 1.82) is 0 Å². The van der Waals surface area contributed by atoms with Gasteiger partial charge in [0.05, 0.1) is 11.0 Å². The Kier molecular flexibility index (Phi) is 2.10. The number of imide groups is 1. The summed E-state index contributed by atoms with van der Waals surface area (Å²) < 4.78 is 0. The molecule has 5 nitrogen and oxygen atoms in total. The maximum Gasteiger partial charge on any atom is 0.263 e. The minimum atomic E-state index is -0.309. The van der Waals surface area contributed by atoms with E-state index < -0.39 is 0 Å². The monoisotopic (exact) mass is 241 g/mol. The summed E-state index contributed by atoms with van der Waals surface area (Å²) >= 11 is 0. The lowest BCUT2D eigenvalue weighted by molar-refractivity contribution is -0.120. The molecular formula is C13H11N3O2. The number of amides is 2. The Bertz CT molecular complexity index is 655. The van der Waals surface area contributed by atoms with Crippen LogP contribution in [0.25, 0.3) is 11.0 Å². The number of aromatic nitrogens is 2. The zero-order valence-corrected chi connectivity index (χ0v) is 10.0. The first kappa shape index (κ1) is 10.7. The van der Waals surface area contributed by atoms with Crippen molar-refractivity contribution >= 4 is 28.8 Å². The van der Waals surface area contributed by atoms with Gasteiger partial charge in [-0.1, -0.05) is 12.1 Å². The average molecular weight is 241 g/mol. The van der Waals surface area contributed by atoms with Gasteiger partial charge in [-0.25, -0.2) is 9.88 Å². The van der Waals surface area contributed by atoms with Crippen LogP contribution in [-0.2, 0) is 9.59 Å². The topological polar surface area (TPSA) is 66.1 Å². The van der Waals surface area contributed by atoms with E-state index in [1.807, 2.05) is 24.3 Å². The highest BCUT2D eigenvalue weighted by molar-refractivity contribution is 6.32. The van der Waals surface area contributed by atoms with Crippen molar-refractivity contribution in [2.75, 3.05) is 4.90 Å². The quantitative estimate of drug-likeness (QED) is 0.774. The van der Waals surface area contributed by atoms with Crippen molar-refractivity contribution in [3.05, 3.63) is 35.4 Å². The Morgan fingerprint density at radius 3 is 2.28 bits per heavy atom. The first-order valence-corrected chi connectivity index (χ1v) is 5.60. The van der Waals surface area contributed by atoms with Crippen molar-refractivity contribution in [3.63, 3.8) is 0 Å². The molecule has 5 heteroatoms. The van der Waals surface area contributed by atoms with Gasteiger partial charge < -0.3 is 4.98 Å². The van der Waals surface area contributed by atoms with Crippen LogP contribution < -0.4 is 4.90 Å². The normalized spacial score (nSPS) is 16.2. The molecule has 0 bridgehead atoms. The number of hydrogen-bond donors (Lipinski definition) is 1. The van der Waals surface area contributed by atoms with Gasteiger partial charge in [-0.3, -0.25) is 9.59 Å². The maximum atomic E-state index is 12.0. The third kappa shape index (κ3) is 1.30. The number of anilines is 1. The van der Waals surface area contributed by atoms with Crippen LogP contribution in [0.15, 0.2) is 35.4 Å². The molecule has 0 radical (unpaired) electrons. The molecule has 2 aromatic rings. The Balaban J connectivity index is 2.12. The number of aromatic amines is 1. The molecule has 0 spiro atoms. The van der Waals surface area contributed by atoms with Gasteiger partial charge in [-0.15, -0.1) is 0 Å². The highest BCUT2D eigenvalue weighted by Crippen LogP contribution is 2.26. The number of carbonyl (C=O) groups is 2. The summed E-state index contributed by atoms with van der Waals surface area (Å²) in [6.45, 7) is 3.30. The summed E-state index contributed by atoms with van der Waals surface area (Å²) in [5.41, 5.74) is 2.48. The Morgan fingerprint density at radius 1 is 1.06 bits per heavy atom. The largest absolute Gasteiger partial charge is 0.323 e. The lowest BCUT2D eigenvalue weighted by atomic mass is 10.2. The minimum absolute atomic E-state index is 0.280. The highest BCUT2D eigenvalue weighted by Gasteiger charge is 2.36. The fourth-order valence-electron chi connectivity index (χ4n) is 1.99. The fraction of sp³-hybridized carbons (Fsp3) is 0.154. The van der Waals surface area contributed by atoms with Gasteiger partial charge in [0.1, 0.15) is 0 Å². The summed E-state index contributed by atoms with van der Waals surface area (Å²) in [6.07, 6.45) is 0. The smallest absolute Gasteiger partial charge is 0.263 e. The van der Waals surface area contributed by atoms with E-state index in [0.717, 1.165) is 15.9 Å². The minimum Gasteiger partial charge on any atom is -0.323 e. The lowest BCUT2D eigenvalue weighted by Crippen LogP contribution is -2.32. The molecule has 18 heavy (non-hydrogen) atoms. The summed E-state index contributed by atoms with van der Waals surface area (Å²) in [6, 6.07) is 7.40. The number of imidazole rings is 1. The predicted octanol–water partition coefficient (Wildman–Crippen LogP) is 1.77. The Hall–Kier alpha value is -2.43. The van der Waals surface area contributed by atoms with Gasteiger partial charge in [0.2, 0.25) is 5.95 Å². The van der Waals surface area contributed by atoms with Gasteiger partial charge in [-0.05, 0) is 26.0 Å². The Morgan fingerprint density at radius 2 is 1.67 bits per heavy atom. The molecule has 1 aromatic heterocycles. The van der Waals surface area contributed by atoms with E-state index in [4.69, 9.17) is 0 Å². The number of rotatable bonds is 1. The third-order valence-electron chi connectivity index (χ3n) is 3.20. The summed E-state index contributed by atoms with van der Waals surface area (Å²) in [7, 11) is 0. The van der Waals surface area contributed by atoms with Crippen molar-refractivity contribution in [2.45, 2.75) is 13.8 Å². The molecule has 0 saturated carbocycles. The number of benzene rings is 1. The zero-order valence-electron chi connectivity index (χ0n) is 10.0. The molecule has 1 aliphatic heterocycles. The average Bonchev–Trinajstić information content (AvgIpc) is 2.86.